The van der Waals surface area contributed by atoms with E-state index in [0.29, 0.717) is 27.8 Å². The molecule has 0 atom stereocenters. The van der Waals surface area contributed by atoms with Crippen LogP contribution in [0.1, 0.15) is 10.4 Å². The van der Waals surface area contributed by atoms with Gasteiger partial charge in [-0.05, 0) is 18.2 Å². The van der Waals surface area contributed by atoms with Gasteiger partial charge in [0.15, 0.2) is 0 Å². The van der Waals surface area contributed by atoms with Crippen molar-refractivity contribution in [1.82, 2.24) is 0 Å². The molecule has 0 aliphatic heterocycles. The van der Waals surface area contributed by atoms with Crippen molar-refractivity contribution in [3.05, 3.63) is 47.0 Å². The average molecular weight is 335 g/mol. The van der Waals surface area contributed by atoms with Crippen molar-refractivity contribution in [3.8, 4) is 11.5 Å². The molecule has 23 heavy (non-hydrogen) atoms. The van der Waals surface area contributed by atoms with E-state index in [4.69, 9.17) is 21.1 Å². The zero-order chi connectivity index (χ0) is 17.0. The van der Waals surface area contributed by atoms with Gasteiger partial charge in [0.25, 0.3) is 5.91 Å². The molecule has 2 aromatic rings. The Morgan fingerprint density at radius 1 is 1.09 bits per heavy atom. The first-order valence-corrected chi connectivity index (χ1v) is 7.34. The van der Waals surface area contributed by atoms with E-state index in [0.717, 1.165) is 5.69 Å². The topological polar surface area (TPSA) is 50.8 Å². The van der Waals surface area contributed by atoms with E-state index in [1.165, 1.54) is 14.2 Å². The minimum atomic E-state index is -0.239. The van der Waals surface area contributed by atoms with E-state index in [1.807, 2.05) is 37.2 Å². The summed E-state index contributed by atoms with van der Waals surface area (Å²) in [5.41, 5.74) is 1.99. The van der Waals surface area contributed by atoms with Crippen LogP contribution in [0.3, 0.4) is 0 Å². The maximum atomic E-state index is 12.5. The highest BCUT2D eigenvalue weighted by molar-refractivity contribution is 6.32. The molecule has 0 aliphatic rings. The lowest BCUT2D eigenvalue weighted by Crippen LogP contribution is -2.14. The number of hydrogen-bond acceptors (Lipinski definition) is 4. The molecule has 0 fully saturated rings. The molecule has 0 spiro atoms. The summed E-state index contributed by atoms with van der Waals surface area (Å²) >= 11 is 6.07. The summed E-state index contributed by atoms with van der Waals surface area (Å²) in [6.45, 7) is 0. The van der Waals surface area contributed by atoms with Gasteiger partial charge in [-0.2, -0.15) is 0 Å². The van der Waals surface area contributed by atoms with Crippen LogP contribution in [0.5, 0.6) is 11.5 Å². The molecule has 1 amide bonds. The monoisotopic (exact) mass is 334 g/mol. The molecular formula is C17H19ClN2O3. The third kappa shape index (κ3) is 3.87. The van der Waals surface area contributed by atoms with Crippen molar-refractivity contribution in [2.75, 3.05) is 38.5 Å². The lowest BCUT2D eigenvalue weighted by Gasteiger charge is -2.15. The molecule has 0 saturated carbocycles. The highest BCUT2D eigenvalue weighted by Gasteiger charge is 2.14. The number of carbonyl (C=O) groups excluding carboxylic acids is 1. The van der Waals surface area contributed by atoms with E-state index in [-0.39, 0.29) is 5.91 Å². The van der Waals surface area contributed by atoms with Gasteiger partial charge in [0, 0.05) is 37.5 Å². The quantitative estimate of drug-likeness (QED) is 0.906. The van der Waals surface area contributed by atoms with Crippen LogP contribution >= 0.6 is 11.6 Å². The van der Waals surface area contributed by atoms with Gasteiger partial charge in [0.2, 0.25) is 0 Å². The van der Waals surface area contributed by atoms with Crippen LogP contribution in [0.2, 0.25) is 5.02 Å². The molecule has 1 N–H and O–H groups in total. The SMILES string of the molecule is COc1cc(NC(=O)c2cccc(N(C)C)c2)c(OC)cc1Cl. The molecule has 0 radical (unpaired) electrons. The second-order valence-electron chi connectivity index (χ2n) is 5.09. The summed E-state index contributed by atoms with van der Waals surface area (Å²) in [6, 6.07) is 10.6. The van der Waals surface area contributed by atoms with Crippen molar-refractivity contribution in [3.63, 3.8) is 0 Å². The number of hydrogen-bond donors (Lipinski definition) is 1. The minimum absolute atomic E-state index is 0.239. The highest BCUT2D eigenvalue weighted by Crippen LogP contribution is 2.36. The predicted octanol–water partition coefficient (Wildman–Crippen LogP) is 3.68. The van der Waals surface area contributed by atoms with Crippen LogP contribution in [0.25, 0.3) is 0 Å². The van der Waals surface area contributed by atoms with E-state index >= 15 is 0 Å². The number of anilines is 2. The van der Waals surface area contributed by atoms with Crippen LogP contribution in [0, 0.1) is 0 Å². The van der Waals surface area contributed by atoms with E-state index in [2.05, 4.69) is 5.32 Å². The van der Waals surface area contributed by atoms with Gasteiger partial charge in [-0.15, -0.1) is 0 Å². The predicted molar refractivity (Wildman–Crippen MR) is 93.3 cm³/mol. The zero-order valence-corrected chi connectivity index (χ0v) is 14.3. The normalized spacial score (nSPS) is 10.1. The van der Waals surface area contributed by atoms with Crippen molar-refractivity contribution in [2.45, 2.75) is 0 Å². The van der Waals surface area contributed by atoms with E-state index in [1.54, 1.807) is 18.2 Å². The summed E-state index contributed by atoms with van der Waals surface area (Å²) in [4.78, 5) is 14.4. The number of nitrogens with one attached hydrogen (secondary N) is 1. The molecular weight excluding hydrogens is 316 g/mol. The number of carbonyl (C=O) groups is 1. The molecule has 2 rings (SSSR count). The Morgan fingerprint density at radius 2 is 1.78 bits per heavy atom. The number of rotatable bonds is 5. The molecule has 0 heterocycles. The fourth-order valence-electron chi connectivity index (χ4n) is 2.08. The second-order valence-corrected chi connectivity index (χ2v) is 5.49. The first kappa shape index (κ1) is 17.0. The fraction of sp³-hybridized carbons (Fsp3) is 0.235. The van der Waals surface area contributed by atoms with Gasteiger partial charge >= 0.3 is 0 Å². The minimum Gasteiger partial charge on any atom is -0.495 e. The number of methoxy groups -OCH3 is 2. The van der Waals surface area contributed by atoms with Crippen molar-refractivity contribution in [2.24, 2.45) is 0 Å². The van der Waals surface area contributed by atoms with Gasteiger partial charge in [-0.25, -0.2) is 0 Å². The summed E-state index contributed by atoms with van der Waals surface area (Å²) in [5.74, 6) is 0.689. The molecule has 0 aliphatic carbocycles. The van der Waals surface area contributed by atoms with Gasteiger partial charge in [0.1, 0.15) is 11.5 Å². The number of halogens is 1. The number of ether oxygens (including phenoxy) is 2. The second kappa shape index (κ2) is 7.24. The fourth-order valence-corrected chi connectivity index (χ4v) is 2.31. The Labute approximate surface area is 140 Å². The van der Waals surface area contributed by atoms with Gasteiger partial charge < -0.3 is 19.7 Å². The summed E-state index contributed by atoms with van der Waals surface area (Å²) < 4.78 is 10.4. The lowest BCUT2D eigenvalue weighted by molar-refractivity contribution is 0.102. The van der Waals surface area contributed by atoms with Crippen LogP contribution in [0.4, 0.5) is 11.4 Å². The summed E-state index contributed by atoms with van der Waals surface area (Å²) in [6.07, 6.45) is 0. The number of amides is 1. The van der Waals surface area contributed by atoms with Crippen LogP contribution < -0.4 is 19.7 Å². The first-order chi connectivity index (χ1) is 11.0. The molecule has 122 valence electrons. The van der Waals surface area contributed by atoms with Gasteiger partial charge in [-0.1, -0.05) is 17.7 Å². The number of nitrogens with zero attached hydrogens (tertiary/aromatic N) is 1. The Kier molecular flexibility index (Phi) is 5.34. The Bertz CT molecular complexity index is 717. The zero-order valence-electron chi connectivity index (χ0n) is 13.5. The smallest absolute Gasteiger partial charge is 0.255 e. The first-order valence-electron chi connectivity index (χ1n) is 6.96. The van der Waals surface area contributed by atoms with Gasteiger partial charge in [0.05, 0.1) is 24.9 Å². The summed E-state index contributed by atoms with van der Waals surface area (Å²) in [5, 5.41) is 3.24. The Balaban J connectivity index is 2.31. The lowest BCUT2D eigenvalue weighted by atomic mass is 10.1. The average Bonchev–Trinajstić information content (AvgIpc) is 2.55. The third-order valence-electron chi connectivity index (χ3n) is 3.35. The van der Waals surface area contributed by atoms with E-state index < -0.39 is 0 Å². The van der Waals surface area contributed by atoms with Crippen LogP contribution in [0.15, 0.2) is 36.4 Å². The third-order valence-corrected chi connectivity index (χ3v) is 3.64. The van der Waals surface area contributed by atoms with Crippen LogP contribution in [-0.2, 0) is 0 Å². The molecule has 0 saturated heterocycles. The molecule has 0 aromatic heterocycles. The van der Waals surface area contributed by atoms with Crippen molar-refractivity contribution < 1.29 is 14.3 Å². The molecule has 0 bridgehead atoms. The number of benzene rings is 2. The Morgan fingerprint density at radius 3 is 2.39 bits per heavy atom. The maximum Gasteiger partial charge on any atom is 0.255 e. The standard InChI is InChI=1S/C17H19ClN2O3/c1-20(2)12-7-5-6-11(8-12)17(21)19-14-10-15(22-3)13(18)9-16(14)23-4/h5-10H,1-4H3,(H,19,21). The van der Waals surface area contributed by atoms with Crippen molar-refractivity contribution >= 4 is 28.9 Å². The molecule has 5 nitrogen and oxygen atoms in total. The molecule has 0 unspecified atom stereocenters. The van der Waals surface area contributed by atoms with Gasteiger partial charge in [-0.3, -0.25) is 4.79 Å². The maximum absolute atomic E-state index is 12.5. The summed E-state index contributed by atoms with van der Waals surface area (Å²) in [7, 11) is 6.87. The van der Waals surface area contributed by atoms with Crippen molar-refractivity contribution in [1.29, 1.82) is 0 Å². The van der Waals surface area contributed by atoms with E-state index in [9.17, 15) is 4.79 Å². The molecule has 6 heteroatoms. The molecule has 2 aromatic carbocycles. The largest absolute Gasteiger partial charge is 0.495 e. The van der Waals surface area contributed by atoms with Crippen LogP contribution in [-0.4, -0.2) is 34.2 Å². The Hall–Kier alpha value is -2.40. The highest BCUT2D eigenvalue weighted by atomic mass is 35.5.